The first-order valence-corrected chi connectivity index (χ1v) is 5.65. The van der Waals surface area contributed by atoms with Crippen molar-refractivity contribution < 1.29 is 4.74 Å². The van der Waals surface area contributed by atoms with Crippen LogP contribution in [-0.4, -0.2) is 37.5 Å². The molecule has 0 aliphatic carbocycles. The van der Waals surface area contributed by atoms with E-state index in [1.165, 1.54) is 10.4 Å². The lowest BCUT2D eigenvalue weighted by Gasteiger charge is -2.23. The molecule has 0 radical (unpaired) electrons. The predicted molar refractivity (Wildman–Crippen MR) is 59.0 cm³/mol. The molecule has 1 aromatic rings. The first-order chi connectivity index (χ1) is 6.86. The van der Waals surface area contributed by atoms with E-state index in [-0.39, 0.29) is 0 Å². The van der Waals surface area contributed by atoms with Crippen LogP contribution in [0.3, 0.4) is 0 Å². The van der Waals surface area contributed by atoms with Crippen LogP contribution in [0, 0.1) is 6.92 Å². The lowest BCUT2D eigenvalue weighted by Crippen LogP contribution is -2.32. The second-order valence-electron chi connectivity index (χ2n) is 3.28. The first kappa shape index (κ1) is 9.68. The summed E-state index contributed by atoms with van der Waals surface area (Å²) in [5, 5.41) is 8.58. The van der Waals surface area contributed by atoms with Crippen molar-refractivity contribution in [2.75, 3.05) is 26.3 Å². The smallest absolute Gasteiger partial charge is 0.0659 e. The highest BCUT2D eigenvalue weighted by Crippen LogP contribution is 2.12. The Balaban J connectivity index is 1.95. The fourth-order valence-electron chi connectivity index (χ4n) is 1.32. The van der Waals surface area contributed by atoms with Crippen molar-refractivity contribution >= 4 is 17.6 Å². The summed E-state index contributed by atoms with van der Waals surface area (Å²) < 4.78 is 5.25. The van der Waals surface area contributed by atoms with Crippen molar-refractivity contribution in [2.45, 2.75) is 6.92 Å². The van der Waals surface area contributed by atoms with Gasteiger partial charge in [0.15, 0.2) is 0 Å². The van der Waals surface area contributed by atoms with Crippen LogP contribution in [0.25, 0.3) is 0 Å². The number of aryl methyl sites for hydroxylation is 1. The molecule has 2 rings (SSSR count). The van der Waals surface area contributed by atoms with Crippen molar-refractivity contribution in [3.8, 4) is 0 Å². The largest absolute Gasteiger partial charge is 0.378 e. The molecule has 0 amide bonds. The maximum Gasteiger partial charge on any atom is 0.0659 e. The van der Waals surface area contributed by atoms with E-state index in [4.69, 9.17) is 4.74 Å². The van der Waals surface area contributed by atoms with Crippen LogP contribution in [0.15, 0.2) is 16.5 Å². The molecular weight excluding hydrogens is 196 g/mol. The SMILES string of the molecule is Cc1ccsc1/C=N/N1CCOCC1. The summed E-state index contributed by atoms with van der Waals surface area (Å²) in [4.78, 5) is 1.25. The van der Waals surface area contributed by atoms with Gasteiger partial charge in [-0.2, -0.15) is 5.10 Å². The van der Waals surface area contributed by atoms with Gasteiger partial charge in [-0.05, 0) is 23.9 Å². The van der Waals surface area contributed by atoms with Gasteiger partial charge in [-0.3, -0.25) is 5.01 Å². The van der Waals surface area contributed by atoms with Gasteiger partial charge in [-0.1, -0.05) is 0 Å². The average Bonchev–Trinajstić information content (AvgIpc) is 2.63. The van der Waals surface area contributed by atoms with Crippen LogP contribution in [0.2, 0.25) is 0 Å². The monoisotopic (exact) mass is 210 g/mol. The van der Waals surface area contributed by atoms with Crippen molar-refractivity contribution in [2.24, 2.45) is 5.10 Å². The minimum atomic E-state index is 0.792. The highest BCUT2D eigenvalue weighted by atomic mass is 32.1. The number of nitrogens with zero attached hydrogens (tertiary/aromatic N) is 2. The van der Waals surface area contributed by atoms with Gasteiger partial charge in [0.05, 0.1) is 32.5 Å². The number of rotatable bonds is 2. The third-order valence-electron chi connectivity index (χ3n) is 2.23. The summed E-state index contributed by atoms with van der Waals surface area (Å²) in [6.07, 6.45) is 1.95. The molecule has 1 aromatic heterocycles. The maximum absolute atomic E-state index is 5.25. The van der Waals surface area contributed by atoms with E-state index in [9.17, 15) is 0 Å². The standard InChI is InChI=1S/C10H14N2OS/c1-9-2-7-14-10(9)8-11-12-3-5-13-6-4-12/h2,7-8H,3-6H2,1H3/b11-8+. The lowest BCUT2D eigenvalue weighted by atomic mass is 10.3. The van der Waals surface area contributed by atoms with Crippen molar-refractivity contribution in [1.82, 2.24) is 5.01 Å². The Labute approximate surface area is 88.0 Å². The zero-order valence-electron chi connectivity index (χ0n) is 8.27. The summed E-state index contributed by atoms with van der Waals surface area (Å²) in [5.74, 6) is 0. The molecule has 1 fully saturated rings. The predicted octanol–water partition coefficient (Wildman–Crippen LogP) is 1.72. The van der Waals surface area contributed by atoms with Gasteiger partial charge < -0.3 is 4.74 Å². The summed E-state index contributed by atoms with van der Waals surface area (Å²) in [6, 6.07) is 2.12. The van der Waals surface area contributed by atoms with E-state index in [0.717, 1.165) is 26.3 Å². The fourth-order valence-corrected chi connectivity index (χ4v) is 2.10. The first-order valence-electron chi connectivity index (χ1n) is 4.77. The molecule has 1 aliphatic heterocycles. The molecule has 1 saturated heterocycles. The zero-order chi connectivity index (χ0) is 9.80. The van der Waals surface area contributed by atoms with Gasteiger partial charge in [0, 0.05) is 4.88 Å². The molecule has 0 unspecified atom stereocenters. The topological polar surface area (TPSA) is 24.8 Å². The zero-order valence-corrected chi connectivity index (χ0v) is 9.09. The lowest BCUT2D eigenvalue weighted by molar-refractivity contribution is 0.0397. The molecule has 0 atom stereocenters. The Bertz CT molecular complexity index is 316. The number of hydrogen-bond donors (Lipinski definition) is 0. The van der Waals surface area contributed by atoms with E-state index >= 15 is 0 Å². The Morgan fingerprint density at radius 2 is 2.29 bits per heavy atom. The molecule has 0 N–H and O–H groups in total. The third-order valence-corrected chi connectivity index (χ3v) is 3.18. The summed E-state index contributed by atoms with van der Waals surface area (Å²) in [5.41, 5.74) is 1.30. The number of morpholine rings is 1. The molecule has 0 bridgehead atoms. The molecule has 0 saturated carbocycles. The summed E-state index contributed by atoms with van der Waals surface area (Å²) in [7, 11) is 0. The van der Waals surface area contributed by atoms with Gasteiger partial charge in [0.1, 0.15) is 0 Å². The quantitative estimate of drug-likeness (QED) is 0.694. The second kappa shape index (κ2) is 4.57. The fraction of sp³-hybridized carbons (Fsp3) is 0.500. The minimum absolute atomic E-state index is 0.792. The molecule has 1 aliphatic rings. The Morgan fingerprint density at radius 1 is 1.50 bits per heavy atom. The Hall–Kier alpha value is -0.870. The van der Waals surface area contributed by atoms with E-state index in [1.54, 1.807) is 11.3 Å². The van der Waals surface area contributed by atoms with Crippen molar-refractivity contribution in [3.63, 3.8) is 0 Å². The third kappa shape index (κ3) is 2.33. The van der Waals surface area contributed by atoms with Gasteiger partial charge in [0.2, 0.25) is 0 Å². The normalized spacial score (nSPS) is 17.9. The maximum atomic E-state index is 5.25. The molecule has 76 valence electrons. The minimum Gasteiger partial charge on any atom is -0.378 e. The van der Waals surface area contributed by atoms with Crippen LogP contribution in [0.4, 0.5) is 0 Å². The van der Waals surface area contributed by atoms with Gasteiger partial charge in [-0.25, -0.2) is 0 Å². The van der Waals surface area contributed by atoms with Crippen LogP contribution >= 0.6 is 11.3 Å². The van der Waals surface area contributed by atoms with Gasteiger partial charge >= 0.3 is 0 Å². The molecule has 0 aromatic carbocycles. The van der Waals surface area contributed by atoms with Gasteiger partial charge in [0.25, 0.3) is 0 Å². The average molecular weight is 210 g/mol. The summed E-state index contributed by atoms with van der Waals surface area (Å²) >= 11 is 1.73. The molecule has 0 spiro atoms. The van der Waals surface area contributed by atoms with Crippen LogP contribution < -0.4 is 0 Å². The molecule has 2 heterocycles. The second-order valence-corrected chi connectivity index (χ2v) is 4.23. The Kier molecular flexibility index (Phi) is 3.16. The molecule has 4 heteroatoms. The van der Waals surface area contributed by atoms with Crippen LogP contribution in [0.1, 0.15) is 10.4 Å². The molecule has 14 heavy (non-hydrogen) atoms. The highest BCUT2D eigenvalue weighted by Gasteiger charge is 2.06. The number of hydrazone groups is 1. The highest BCUT2D eigenvalue weighted by molar-refractivity contribution is 7.11. The van der Waals surface area contributed by atoms with Crippen LogP contribution in [-0.2, 0) is 4.74 Å². The molecular formula is C10H14N2OS. The number of thiophene rings is 1. The Morgan fingerprint density at radius 3 is 2.93 bits per heavy atom. The van der Waals surface area contributed by atoms with Crippen LogP contribution in [0.5, 0.6) is 0 Å². The van der Waals surface area contributed by atoms with E-state index < -0.39 is 0 Å². The van der Waals surface area contributed by atoms with Crippen molar-refractivity contribution in [3.05, 3.63) is 21.9 Å². The van der Waals surface area contributed by atoms with E-state index in [2.05, 4.69) is 28.5 Å². The summed E-state index contributed by atoms with van der Waals surface area (Å²) in [6.45, 7) is 5.50. The number of ether oxygens (including phenoxy) is 1. The van der Waals surface area contributed by atoms with Gasteiger partial charge in [-0.15, -0.1) is 11.3 Å². The van der Waals surface area contributed by atoms with E-state index in [1.807, 2.05) is 6.21 Å². The van der Waals surface area contributed by atoms with E-state index in [0.29, 0.717) is 0 Å². The van der Waals surface area contributed by atoms with Crippen molar-refractivity contribution in [1.29, 1.82) is 0 Å². The number of hydrogen-bond acceptors (Lipinski definition) is 4. The molecule has 3 nitrogen and oxygen atoms in total.